The van der Waals surface area contributed by atoms with E-state index in [4.69, 9.17) is 4.74 Å². The highest BCUT2D eigenvalue weighted by Crippen LogP contribution is 2.26. The smallest absolute Gasteiger partial charge is 0.251 e. The maximum atomic E-state index is 12.5. The van der Waals surface area contributed by atoms with Gasteiger partial charge in [0.25, 0.3) is 5.91 Å². The number of methoxy groups -OCH3 is 1. The molecule has 0 unspecified atom stereocenters. The van der Waals surface area contributed by atoms with Crippen LogP contribution in [0.3, 0.4) is 0 Å². The van der Waals surface area contributed by atoms with Gasteiger partial charge in [-0.1, -0.05) is 31.2 Å². The number of amides is 2. The Hall–Kier alpha value is -3.26. The minimum atomic E-state index is -0.146. The van der Waals surface area contributed by atoms with Crippen LogP contribution in [-0.4, -0.2) is 40.8 Å². The number of benzene rings is 2. The second-order valence-electron chi connectivity index (χ2n) is 7.28. The standard InChI is InChI=1S/C24H28N4O3S/c1-4-5-12-25-23(30)18-7-9-19(10-8-18)28-14-13-26-24(28)32-16-22(29)27-20-15-17(2)6-11-21(20)31-3/h6-11,13-15H,4-5,12,16H2,1-3H3,(H,25,30)(H,27,29). The summed E-state index contributed by atoms with van der Waals surface area (Å²) in [6, 6.07) is 13.0. The molecule has 2 aromatic carbocycles. The van der Waals surface area contributed by atoms with Gasteiger partial charge in [0.05, 0.1) is 18.6 Å². The first-order valence-corrected chi connectivity index (χ1v) is 11.5. The fourth-order valence-corrected chi connectivity index (χ4v) is 3.86. The van der Waals surface area contributed by atoms with Gasteiger partial charge in [0, 0.05) is 30.2 Å². The third-order valence-corrected chi connectivity index (χ3v) is 5.76. The van der Waals surface area contributed by atoms with E-state index in [-0.39, 0.29) is 17.6 Å². The van der Waals surface area contributed by atoms with Crippen molar-refractivity contribution in [2.75, 3.05) is 24.7 Å². The highest BCUT2D eigenvalue weighted by Gasteiger charge is 2.12. The van der Waals surface area contributed by atoms with Crippen LogP contribution in [0.5, 0.6) is 5.75 Å². The van der Waals surface area contributed by atoms with Crippen LogP contribution in [0.1, 0.15) is 35.7 Å². The van der Waals surface area contributed by atoms with E-state index < -0.39 is 0 Å². The molecule has 32 heavy (non-hydrogen) atoms. The van der Waals surface area contributed by atoms with Gasteiger partial charge in [0.15, 0.2) is 5.16 Å². The molecule has 2 amide bonds. The van der Waals surface area contributed by atoms with Gasteiger partial charge in [-0.2, -0.15) is 0 Å². The van der Waals surface area contributed by atoms with Gasteiger partial charge in [0.1, 0.15) is 5.75 Å². The highest BCUT2D eigenvalue weighted by atomic mass is 32.2. The van der Waals surface area contributed by atoms with Gasteiger partial charge < -0.3 is 15.4 Å². The summed E-state index contributed by atoms with van der Waals surface area (Å²) in [5.41, 5.74) is 3.17. The molecular weight excluding hydrogens is 424 g/mol. The Balaban J connectivity index is 1.62. The third kappa shape index (κ3) is 6.13. The minimum Gasteiger partial charge on any atom is -0.495 e. The van der Waals surface area contributed by atoms with Crippen molar-refractivity contribution in [3.05, 3.63) is 66.0 Å². The van der Waals surface area contributed by atoms with Crippen molar-refractivity contribution in [1.82, 2.24) is 14.9 Å². The molecule has 3 rings (SSSR count). The molecule has 0 spiro atoms. The molecule has 0 aliphatic carbocycles. The van der Waals surface area contributed by atoms with Gasteiger partial charge in [0.2, 0.25) is 5.91 Å². The lowest BCUT2D eigenvalue weighted by atomic mass is 10.2. The number of carbonyl (C=O) groups is 2. The summed E-state index contributed by atoms with van der Waals surface area (Å²) in [5.74, 6) is 0.599. The molecule has 0 atom stereocenters. The van der Waals surface area contributed by atoms with E-state index in [9.17, 15) is 9.59 Å². The van der Waals surface area contributed by atoms with Crippen molar-refractivity contribution < 1.29 is 14.3 Å². The number of aryl methyl sites for hydroxylation is 1. The van der Waals surface area contributed by atoms with Crippen molar-refractivity contribution in [3.8, 4) is 11.4 Å². The van der Waals surface area contributed by atoms with E-state index in [1.807, 2.05) is 48.0 Å². The molecular formula is C24H28N4O3S. The van der Waals surface area contributed by atoms with Crippen molar-refractivity contribution in [3.63, 3.8) is 0 Å². The predicted octanol–water partition coefficient (Wildman–Crippen LogP) is 4.45. The molecule has 168 valence electrons. The second-order valence-corrected chi connectivity index (χ2v) is 8.22. The van der Waals surface area contributed by atoms with Gasteiger partial charge in [-0.15, -0.1) is 0 Å². The van der Waals surface area contributed by atoms with Gasteiger partial charge in [-0.05, 0) is 55.3 Å². The lowest BCUT2D eigenvalue weighted by Crippen LogP contribution is -2.24. The van der Waals surface area contributed by atoms with Crippen LogP contribution in [0.4, 0.5) is 5.69 Å². The number of imidazole rings is 1. The molecule has 8 heteroatoms. The largest absolute Gasteiger partial charge is 0.495 e. The summed E-state index contributed by atoms with van der Waals surface area (Å²) >= 11 is 1.34. The SMILES string of the molecule is CCCCNC(=O)c1ccc(-n2ccnc2SCC(=O)Nc2cc(C)ccc2OC)cc1. The minimum absolute atomic E-state index is 0.0755. The fraction of sp³-hybridized carbons (Fsp3) is 0.292. The molecule has 1 aromatic heterocycles. The topological polar surface area (TPSA) is 85.2 Å². The number of thioether (sulfide) groups is 1. The summed E-state index contributed by atoms with van der Waals surface area (Å²) in [5, 5.41) is 6.50. The monoisotopic (exact) mass is 452 g/mol. The number of rotatable bonds is 10. The van der Waals surface area contributed by atoms with Gasteiger partial charge >= 0.3 is 0 Å². The molecule has 0 saturated carbocycles. The molecule has 0 aliphatic rings. The second kappa shape index (κ2) is 11.4. The third-order valence-electron chi connectivity index (χ3n) is 4.79. The lowest BCUT2D eigenvalue weighted by Gasteiger charge is -2.11. The molecule has 0 aliphatic heterocycles. The summed E-state index contributed by atoms with van der Waals surface area (Å²) in [4.78, 5) is 29.1. The van der Waals surface area contributed by atoms with E-state index in [1.165, 1.54) is 11.8 Å². The molecule has 0 saturated heterocycles. The summed E-state index contributed by atoms with van der Waals surface area (Å²) < 4.78 is 7.21. The number of nitrogens with zero attached hydrogens (tertiary/aromatic N) is 2. The predicted molar refractivity (Wildman–Crippen MR) is 128 cm³/mol. The van der Waals surface area contributed by atoms with Gasteiger partial charge in [-0.3, -0.25) is 14.2 Å². The Labute approximate surface area is 192 Å². The Morgan fingerprint density at radius 1 is 1.16 bits per heavy atom. The van der Waals surface area contributed by atoms with Crippen molar-refractivity contribution in [2.24, 2.45) is 0 Å². The fourth-order valence-electron chi connectivity index (χ4n) is 3.08. The maximum absolute atomic E-state index is 12.5. The summed E-state index contributed by atoms with van der Waals surface area (Å²) in [7, 11) is 1.58. The molecule has 0 radical (unpaired) electrons. The van der Waals surface area contributed by atoms with E-state index >= 15 is 0 Å². The van der Waals surface area contributed by atoms with Crippen LogP contribution in [-0.2, 0) is 4.79 Å². The van der Waals surface area contributed by atoms with Crippen LogP contribution >= 0.6 is 11.8 Å². The number of hydrogen-bond acceptors (Lipinski definition) is 5. The molecule has 7 nitrogen and oxygen atoms in total. The number of aromatic nitrogens is 2. The Morgan fingerprint density at radius 3 is 2.66 bits per heavy atom. The lowest BCUT2D eigenvalue weighted by molar-refractivity contribution is -0.113. The molecule has 0 bridgehead atoms. The van der Waals surface area contributed by atoms with Crippen LogP contribution in [0.2, 0.25) is 0 Å². The zero-order chi connectivity index (χ0) is 22.9. The van der Waals surface area contributed by atoms with Crippen molar-refractivity contribution in [2.45, 2.75) is 31.8 Å². The molecule has 3 aromatic rings. The normalized spacial score (nSPS) is 10.6. The number of carbonyl (C=O) groups excluding carboxylic acids is 2. The van der Waals surface area contributed by atoms with Crippen LogP contribution in [0.15, 0.2) is 60.0 Å². The number of anilines is 1. The number of nitrogens with one attached hydrogen (secondary N) is 2. The van der Waals surface area contributed by atoms with Crippen molar-refractivity contribution in [1.29, 1.82) is 0 Å². The zero-order valence-electron chi connectivity index (χ0n) is 18.6. The van der Waals surface area contributed by atoms with Crippen LogP contribution < -0.4 is 15.4 Å². The quantitative estimate of drug-likeness (QED) is 0.351. The van der Waals surface area contributed by atoms with E-state index in [0.717, 1.165) is 24.1 Å². The Morgan fingerprint density at radius 2 is 1.94 bits per heavy atom. The highest BCUT2D eigenvalue weighted by molar-refractivity contribution is 7.99. The van der Waals surface area contributed by atoms with Crippen LogP contribution in [0, 0.1) is 6.92 Å². The number of hydrogen-bond donors (Lipinski definition) is 2. The molecule has 2 N–H and O–H groups in total. The summed E-state index contributed by atoms with van der Waals surface area (Å²) in [6.45, 7) is 4.72. The number of ether oxygens (including phenoxy) is 1. The maximum Gasteiger partial charge on any atom is 0.251 e. The van der Waals surface area contributed by atoms with E-state index in [0.29, 0.717) is 28.7 Å². The van der Waals surface area contributed by atoms with Crippen LogP contribution in [0.25, 0.3) is 5.69 Å². The van der Waals surface area contributed by atoms with E-state index in [1.54, 1.807) is 25.4 Å². The average Bonchev–Trinajstić information content (AvgIpc) is 3.27. The first-order chi connectivity index (χ1) is 15.5. The van der Waals surface area contributed by atoms with Gasteiger partial charge in [-0.25, -0.2) is 4.98 Å². The Kier molecular flexibility index (Phi) is 8.33. The van der Waals surface area contributed by atoms with Crippen molar-refractivity contribution >= 4 is 29.3 Å². The average molecular weight is 453 g/mol. The molecule has 0 fully saturated rings. The first kappa shape index (κ1) is 23.4. The summed E-state index contributed by atoms with van der Waals surface area (Å²) in [6.07, 6.45) is 5.52. The molecule has 1 heterocycles. The van der Waals surface area contributed by atoms with E-state index in [2.05, 4.69) is 22.5 Å². The Bertz CT molecular complexity index is 1060. The first-order valence-electron chi connectivity index (χ1n) is 10.5. The zero-order valence-corrected chi connectivity index (χ0v) is 19.4. The number of unbranched alkanes of at least 4 members (excludes halogenated alkanes) is 1.